The van der Waals surface area contributed by atoms with Crippen LogP contribution in [0.2, 0.25) is 5.02 Å². The Labute approximate surface area is 188 Å². The van der Waals surface area contributed by atoms with Crippen molar-refractivity contribution in [2.24, 2.45) is 5.92 Å². The van der Waals surface area contributed by atoms with Gasteiger partial charge in [0.15, 0.2) is 6.61 Å². The number of ketones is 1. The van der Waals surface area contributed by atoms with E-state index in [1.54, 1.807) is 29.2 Å². The van der Waals surface area contributed by atoms with Gasteiger partial charge in [-0.25, -0.2) is 0 Å². The minimum atomic E-state index is -0.370. The Morgan fingerprint density at radius 3 is 2.19 bits per heavy atom. The molecule has 1 saturated heterocycles. The second kappa shape index (κ2) is 9.65. The van der Waals surface area contributed by atoms with Crippen molar-refractivity contribution in [3.05, 3.63) is 68.7 Å². The molecule has 6 heteroatoms. The molecular weight excluding hydrogens is 414 g/mol. The average Bonchev–Trinajstić information content (AvgIpc) is 2.78. The highest BCUT2D eigenvalue weighted by atomic mass is 35.5. The van der Waals surface area contributed by atoms with E-state index in [0.29, 0.717) is 42.1 Å². The van der Waals surface area contributed by atoms with Gasteiger partial charge in [0.2, 0.25) is 5.78 Å². The summed E-state index contributed by atoms with van der Waals surface area (Å²) in [4.78, 5) is 39.5. The van der Waals surface area contributed by atoms with Crippen LogP contribution in [-0.2, 0) is 9.53 Å². The molecule has 1 aliphatic rings. The first-order chi connectivity index (χ1) is 14.7. The number of nitrogens with zero attached hydrogens (tertiary/aromatic N) is 1. The normalized spacial score (nSPS) is 14.4. The van der Waals surface area contributed by atoms with Gasteiger partial charge in [-0.3, -0.25) is 14.4 Å². The molecule has 1 fully saturated rings. The van der Waals surface area contributed by atoms with E-state index in [4.69, 9.17) is 16.3 Å². The molecule has 164 valence electrons. The number of esters is 1. The third kappa shape index (κ3) is 5.16. The molecule has 0 N–H and O–H groups in total. The van der Waals surface area contributed by atoms with Crippen molar-refractivity contribution < 1.29 is 19.1 Å². The van der Waals surface area contributed by atoms with E-state index >= 15 is 0 Å². The number of rotatable bonds is 5. The number of Topliss-reactive ketones (excluding diaryl/α,β-unsaturated/α-hetero) is 1. The van der Waals surface area contributed by atoms with Gasteiger partial charge in [-0.05, 0) is 93.1 Å². The van der Waals surface area contributed by atoms with Crippen LogP contribution in [0, 0.1) is 33.6 Å². The summed E-state index contributed by atoms with van der Waals surface area (Å²) in [6.07, 6.45) is 1.04. The van der Waals surface area contributed by atoms with Crippen molar-refractivity contribution in [2.75, 3.05) is 19.7 Å². The molecule has 1 heterocycles. The zero-order chi connectivity index (χ0) is 22.7. The monoisotopic (exact) mass is 441 g/mol. The zero-order valence-electron chi connectivity index (χ0n) is 18.5. The molecule has 5 nitrogen and oxygen atoms in total. The van der Waals surface area contributed by atoms with Crippen LogP contribution in [0.1, 0.15) is 55.8 Å². The number of likely N-dealkylation sites (tertiary alicyclic amines) is 1. The summed E-state index contributed by atoms with van der Waals surface area (Å²) in [5.74, 6) is -0.929. The maximum atomic E-state index is 12.7. The number of ether oxygens (including phenoxy) is 1. The standard InChI is InChI=1S/C25H28ClNO4/c1-15-13-22(18(4)17(3)16(15)2)23(28)14-31-25(30)20-9-11-27(12-10-20)24(29)19-5-7-21(26)8-6-19/h5-8,13,20H,9-12,14H2,1-4H3. The summed E-state index contributed by atoms with van der Waals surface area (Å²) in [6.45, 7) is 8.63. The Kier molecular flexibility index (Phi) is 7.16. The van der Waals surface area contributed by atoms with Gasteiger partial charge in [-0.1, -0.05) is 11.6 Å². The maximum Gasteiger partial charge on any atom is 0.309 e. The summed E-state index contributed by atoms with van der Waals surface area (Å²) in [5, 5.41) is 0.582. The van der Waals surface area contributed by atoms with Crippen LogP contribution >= 0.6 is 11.6 Å². The van der Waals surface area contributed by atoms with Crippen LogP contribution in [0.5, 0.6) is 0 Å². The summed E-state index contributed by atoms with van der Waals surface area (Å²) in [6, 6.07) is 8.65. The van der Waals surface area contributed by atoms with Gasteiger partial charge in [-0.2, -0.15) is 0 Å². The number of aryl methyl sites for hydroxylation is 1. The fourth-order valence-electron chi connectivity index (χ4n) is 3.93. The Morgan fingerprint density at radius 2 is 1.58 bits per heavy atom. The highest BCUT2D eigenvalue weighted by molar-refractivity contribution is 6.30. The zero-order valence-corrected chi connectivity index (χ0v) is 19.2. The quantitative estimate of drug-likeness (QED) is 0.491. The van der Waals surface area contributed by atoms with E-state index in [2.05, 4.69) is 0 Å². The highest BCUT2D eigenvalue weighted by Gasteiger charge is 2.29. The summed E-state index contributed by atoms with van der Waals surface area (Å²) < 4.78 is 5.35. The predicted molar refractivity (Wildman–Crippen MR) is 121 cm³/mol. The van der Waals surface area contributed by atoms with Crippen LogP contribution in [0.25, 0.3) is 0 Å². The van der Waals surface area contributed by atoms with Gasteiger partial charge < -0.3 is 9.64 Å². The molecule has 0 radical (unpaired) electrons. The second-order valence-corrected chi connectivity index (χ2v) is 8.66. The van der Waals surface area contributed by atoms with Crippen LogP contribution in [0.3, 0.4) is 0 Å². The van der Waals surface area contributed by atoms with Crippen molar-refractivity contribution in [1.29, 1.82) is 0 Å². The Bertz CT molecular complexity index is 1010. The second-order valence-electron chi connectivity index (χ2n) is 8.22. The fraction of sp³-hybridized carbons (Fsp3) is 0.400. The van der Waals surface area contributed by atoms with E-state index in [1.165, 1.54) is 5.56 Å². The minimum absolute atomic E-state index is 0.0701. The Morgan fingerprint density at radius 1 is 0.968 bits per heavy atom. The van der Waals surface area contributed by atoms with Crippen molar-refractivity contribution in [3.63, 3.8) is 0 Å². The number of carbonyl (C=O) groups is 3. The molecule has 1 aliphatic heterocycles. The number of halogens is 1. The first-order valence-corrected chi connectivity index (χ1v) is 10.9. The van der Waals surface area contributed by atoms with Crippen molar-refractivity contribution in [2.45, 2.75) is 40.5 Å². The van der Waals surface area contributed by atoms with Crippen LogP contribution in [0.4, 0.5) is 0 Å². The highest BCUT2D eigenvalue weighted by Crippen LogP contribution is 2.23. The van der Waals surface area contributed by atoms with E-state index in [9.17, 15) is 14.4 Å². The SMILES string of the molecule is Cc1cc(C(=O)COC(=O)C2CCN(C(=O)c3ccc(Cl)cc3)CC2)c(C)c(C)c1C. The molecule has 0 aromatic heterocycles. The smallest absolute Gasteiger partial charge is 0.309 e. The molecule has 0 bridgehead atoms. The van der Waals surface area contributed by atoms with E-state index < -0.39 is 0 Å². The van der Waals surface area contributed by atoms with Crippen LogP contribution in [-0.4, -0.2) is 42.3 Å². The van der Waals surface area contributed by atoms with Gasteiger partial charge >= 0.3 is 5.97 Å². The molecule has 3 rings (SSSR count). The summed E-state index contributed by atoms with van der Waals surface area (Å²) in [7, 11) is 0. The molecule has 2 aromatic rings. The lowest BCUT2D eigenvalue weighted by Gasteiger charge is -2.31. The summed E-state index contributed by atoms with van der Waals surface area (Å²) >= 11 is 5.88. The van der Waals surface area contributed by atoms with Gasteiger partial charge in [0.1, 0.15) is 0 Å². The van der Waals surface area contributed by atoms with Crippen LogP contribution in [0.15, 0.2) is 30.3 Å². The van der Waals surface area contributed by atoms with E-state index in [0.717, 1.165) is 16.7 Å². The number of benzene rings is 2. The predicted octanol–water partition coefficient (Wildman–Crippen LogP) is 4.85. The van der Waals surface area contributed by atoms with Gasteiger partial charge in [0.05, 0.1) is 5.92 Å². The molecule has 31 heavy (non-hydrogen) atoms. The lowest BCUT2D eigenvalue weighted by molar-refractivity contribution is -0.148. The number of hydrogen-bond acceptors (Lipinski definition) is 4. The average molecular weight is 442 g/mol. The number of carbonyl (C=O) groups excluding carboxylic acids is 3. The van der Waals surface area contributed by atoms with Crippen molar-refractivity contribution in [1.82, 2.24) is 4.90 Å². The minimum Gasteiger partial charge on any atom is -0.457 e. The Balaban J connectivity index is 1.53. The lowest BCUT2D eigenvalue weighted by Crippen LogP contribution is -2.40. The first-order valence-electron chi connectivity index (χ1n) is 10.5. The fourth-order valence-corrected chi connectivity index (χ4v) is 4.05. The lowest BCUT2D eigenvalue weighted by atomic mass is 9.93. The third-order valence-electron chi connectivity index (χ3n) is 6.33. The van der Waals surface area contributed by atoms with Crippen molar-refractivity contribution >= 4 is 29.3 Å². The number of amides is 1. The molecule has 0 spiro atoms. The van der Waals surface area contributed by atoms with Gasteiger partial charge in [0.25, 0.3) is 5.91 Å². The van der Waals surface area contributed by atoms with E-state index in [1.807, 2.05) is 33.8 Å². The largest absolute Gasteiger partial charge is 0.457 e. The number of hydrogen-bond donors (Lipinski definition) is 0. The molecule has 1 amide bonds. The molecule has 2 aromatic carbocycles. The molecular formula is C25H28ClNO4. The molecule has 0 saturated carbocycles. The molecule has 0 aliphatic carbocycles. The first kappa shape index (κ1) is 23.0. The molecule has 0 atom stereocenters. The van der Waals surface area contributed by atoms with Crippen LogP contribution < -0.4 is 0 Å². The van der Waals surface area contributed by atoms with Crippen molar-refractivity contribution in [3.8, 4) is 0 Å². The number of piperidine rings is 1. The Hall–Kier alpha value is -2.66. The third-order valence-corrected chi connectivity index (χ3v) is 6.59. The topological polar surface area (TPSA) is 63.7 Å². The maximum absolute atomic E-state index is 12.7. The molecule has 0 unspecified atom stereocenters. The van der Waals surface area contributed by atoms with Gasteiger partial charge in [-0.15, -0.1) is 0 Å². The van der Waals surface area contributed by atoms with Gasteiger partial charge in [0, 0.05) is 29.2 Å². The summed E-state index contributed by atoms with van der Waals surface area (Å²) in [5.41, 5.74) is 5.43. The van der Waals surface area contributed by atoms with E-state index in [-0.39, 0.29) is 30.2 Å².